The number of hydrogen-bond acceptors (Lipinski definition) is 5. The van der Waals surface area contributed by atoms with Crippen LogP contribution in [0.2, 0.25) is 5.15 Å². The quantitative estimate of drug-likeness (QED) is 0.634. The van der Waals surface area contributed by atoms with Crippen LogP contribution in [0.25, 0.3) is 0 Å². The van der Waals surface area contributed by atoms with Gasteiger partial charge in [-0.15, -0.1) is 0 Å². The number of benzene rings is 2. The van der Waals surface area contributed by atoms with Gasteiger partial charge in [-0.3, -0.25) is 9.48 Å². The molecule has 8 heteroatoms. The smallest absolute Gasteiger partial charge is 0.343 e. The van der Waals surface area contributed by atoms with Gasteiger partial charge in [0.05, 0.1) is 5.69 Å². The standard InChI is InChI=1S/C20H18ClN3O4/c1-13-18(19(21)24(2)23-13)20(26)27-12-17(25)22-14-8-10-16(11-9-14)28-15-6-4-3-5-7-15/h3-11H,12H2,1-2H3,(H,22,25). The highest BCUT2D eigenvalue weighted by Crippen LogP contribution is 2.23. The second-order valence-electron chi connectivity index (χ2n) is 5.94. The summed E-state index contributed by atoms with van der Waals surface area (Å²) in [5, 5.41) is 6.85. The van der Waals surface area contributed by atoms with Gasteiger partial charge in [0, 0.05) is 12.7 Å². The van der Waals surface area contributed by atoms with Crippen molar-refractivity contribution in [2.45, 2.75) is 6.92 Å². The molecule has 3 rings (SSSR count). The molecular formula is C20H18ClN3O4. The highest BCUT2D eigenvalue weighted by Gasteiger charge is 2.21. The Bertz CT molecular complexity index is 985. The number of carbonyl (C=O) groups is 2. The summed E-state index contributed by atoms with van der Waals surface area (Å²) >= 11 is 6.01. The highest BCUT2D eigenvalue weighted by molar-refractivity contribution is 6.32. The second kappa shape index (κ2) is 8.58. The van der Waals surface area contributed by atoms with Gasteiger partial charge in [0.1, 0.15) is 22.2 Å². The molecule has 0 saturated heterocycles. The molecule has 0 fully saturated rings. The van der Waals surface area contributed by atoms with Gasteiger partial charge >= 0.3 is 5.97 Å². The SMILES string of the molecule is Cc1nn(C)c(Cl)c1C(=O)OCC(=O)Nc1ccc(Oc2ccccc2)cc1. The third-order valence-electron chi connectivity index (χ3n) is 3.81. The Balaban J connectivity index is 1.52. The number of ether oxygens (including phenoxy) is 2. The van der Waals surface area contributed by atoms with Crippen molar-refractivity contribution in [3.8, 4) is 11.5 Å². The van der Waals surface area contributed by atoms with E-state index in [9.17, 15) is 9.59 Å². The monoisotopic (exact) mass is 399 g/mol. The lowest BCUT2D eigenvalue weighted by atomic mass is 10.3. The van der Waals surface area contributed by atoms with Crippen molar-refractivity contribution in [1.82, 2.24) is 9.78 Å². The summed E-state index contributed by atoms with van der Waals surface area (Å²) in [7, 11) is 1.62. The summed E-state index contributed by atoms with van der Waals surface area (Å²) in [6.45, 7) is 1.20. The molecule has 0 aliphatic rings. The Labute approximate surface area is 166 Å². The molecule has 0 aliphatic carbocycles. The van der Waals surface area contributed by atoms with Crippen LogP contribution in [-0.4, -0.2) is 28.3 Å². The molecule has 0 bridgehead atoms. The van der Waals surface area contributed by atoms with Crippen LogP contribution in [0, 0.1) is 6.92 Å². The molecule has 28 heavy (non-hydrogen) atoms. The van der Waals surface area contributed by atoms with Crippen LogP contribution in [0.5, 0.6) is 11.5 Å². The lowest BCUT2D eigenvalue weighted by Crippen LogP contribution is -2.21. The van der Waals surface area contributed by atoms with Crippen molar-refractivity contribution in [2.24, 2.45) is 7.05 Å². The maximum Gasteiger partial charge on any atom is 0.343 e. The molecule has 2 aromatic carbocycles. The molecule has 144 valence electrons. The number of anilines is 1. The molecule has 0 unspecified atom stereocenters. The van der Waals surface area contributed by atoms with Crippen LogP contribution >= 0.6 is 11.6 Å². The molecule has 0 radical (unpaired) electrons. The maximum absolute atomic E-state index is 12.1. The summed E-state index contributed by atoms with van der Waals surface area (Å²) in [4.78, 5) is 24.1. The lowest BCUT2D eigenvalue weighted by molar-refractivity contribution is -0.119. The molecule has 0 atom stereocenters. The average Bonchev–Trinajstić information content (AvgIpc) is 2.94. The minimum absolute atomic E-state index is 0.152. The summed E-state index contributed by atoms with van der Waals surface area (Å²) in [6, 6.07) is 16.2. The Morgan fingerprint density at radius 2 is 1.71 bits per heavy atom. The van der Waals surface area contributed by atoms with E-state index in [1.54, 1.807) is 38.2 Å². The number of esters is 1. The number of nitrogens with one attached hydrogen (secondary N) is 1. The first-order valence-corrected chi connectivity index (χ1v) is 8.81. The molecule has 1 N–H and O–H groups in total. The Hall–Kier alpha value is -3.32. The van der Waals surface area contributed by atoms with Crippen molar-refractivity contribution < 1.29 is 19.1 Å². The van der Waals surface area contributed by atoms with Gasteiger partial charge in [0.2, 0.25) is 0 Å². The van der Waals surface area contributed by atoms with E-state index in [2.05, 4.69) is 10.4 Å². The minimum Gasteiger partial charge on any atom is -0.457 e. The Kier molecular flexibility index (Phi) is 5.96. The number of carbonyl (C=O) groups excluding carboxylic acids is 2. The van der Waals surface area contributed by atoms with E-state index < -0.39 is 18.5 Å². The normalized spacial score (nSPS) is 10.4. The van der Waals surface area contributed by atoms with Gasteiger partial charge in [0.15, 0.2) is 6.61 Å². The van der Waals surface area contributed by atoms with Crippen molar-refractivity contribution in [3.05, 3.63) is 71.0 Å². The third kappa shape index (κ3) is 4.69. The fraction of sp³-hybridized carbons (Fsp3) is 0.150. The number of aromatic nitrogens is 2. The Morgan fingerprint density at radius 1 is 1.07 bits per heavy atom. The third-order valence-corrected chi connectivity index (χ3v) is 4.24. The summed E-state index contributed by atoms with van der Waals surface area (Å²) in [5.74, 6) is 0.188. The van der Waals surface area contributed by atoms with Gasteiger partial charge in [-0.1, -0.05) is 29.8 Å². The molecule has 0 saturated carbocycles. The number of aryl methyl sites for hydroxylation is 2. The van der Waals surface area contributed by atoms with Crippen LogP contribution in [0.1, 0.15) is 16.1 Å². The predicted molar refractivity (Wildman–Crippen MR) is 105 cm³/mol. The molecular weight excluding hydrogens is 382 g/mol. The maximum atomic E-state index is 12.1. The highest BCUT2D eigenvalue weighted by atomic mass is 35.5. The first-order chi connectivity index (χ1) is 13.4. The zero-order chi connectivity index (χ0) is 20.1. The minimum atomic E-state index is -0.697. The van der Waals surface area contributed by atoms with Crippen molar-refractivity contribution in [2.75, 3.05) is 11.9 Å². The van der Waals surface area contributed by atoms with Crippen molar-refractivity contribution >= 4 is 29.2 Å². The van der Waals surface area contributed by atoms with Gasteiger partial charge in [-0.2, -0.15) is 5.10 Å². The summed E-state index contributed by atoms with van der Waals surface area (Å²) < 4.78 is 12.1. The van der Waals surface area contributed by atoms with E-state index in [4.69, 9.17) is 21.1 Å². The van der Waals surface area contributed by atoms with Crippen LogP contribution < -0.4 is 10.1 Å². The van der Waals surface area contributed by atoms with Crippen LogP contribution in [0.15, 0.2) is 54.6 Å². The molecule has 0 spiro atoms. The zero-order valence-corrected chi connectivity index (χ0v) is 16.1. The predicted octanol–water partition coefficient (Wildman–Crippen LogP) is 3.97. The summed E-state index contributed by atoms with van der Waals surface area (Å²) in [5.41, 5.74) is 1.14. The number of rotatable bonds is 6. The van der Waals surface area contributed by atoms with E-state index in [0.29, 0.717) is 17.1 Å². The van der Waals surface area contributed by atoms with Gasteiger partial charge in [0.25, 0.3) is 5.91 Å². The zero-order valence-electron chi connectivity index (χ0n) is 15.3. The fourth-order valence-electron chi connectivity index (χ4n) is 2.49. The molecule has 1 amide bonds. The molecule has 1 heterocycles. The van der Waals surface area contributed by atoms with Gasteiger partial charge in [-0.25, -0.2) is 4.79 Å². The number of amides is 1. The number of hydrogen-bond donors (Lipinski definition) is 1. The van der Waals surface area contributed by atoms with E-state index in [1.807, 2.05) is 30.3 Å². The molecule has 7 nitrogen and oxygen atoms in total. The van der Waals surface area contributed by atoms with E-state index in [-0.39, 0.29) is 10.7 Å². The summed E-state index contributed by atoms with van der Waals surface area (Å²) in [6.07, 6.45) is 0. The van der Waals surface area contributed by atoms with Crippen molar-refractivity contribution in [1.29, 1.82) is 0 Å². The average molecular weight is 400 g/mol. The lowest BCUT2D eigenvalue weighted by Gasteiger charge is -2.08. The van der Waals surface area contributed by atoms with Crippen LogP contribution in [-0.2, 0) is 16.6 Å². The van der Waals surface area contributed by atoms with E-state index in [0.717, 1.165) is 5.75 Å². The van der Waals surface area contributed by atoms with Gasteiger partial charge in [-0.05, 0) is 43.3 Å². The molecule has 1 aromatic heterocycles. The van der Waals surface area contributed by atoms with Crippen molar-refractivity contribution in [3.63, 3.8) is 0 Å². The fourth-order valence-corrected chi connectivity index (χ4v) is 2.74. The number of para-hydroxylation sites is 1. The molecule has 0 aliphatic heterocycles. The van der Waals surface area contributed by atoms with E-state index >= 15 is 0 Å². The second-order valence-corrected chi connectivity index (χ2v) is 6.30. The first kappa shape index (κ1) is 19.4. The molecule has 3 aromatic rings. The van der Waals surface area contributed by atoms with E-state index in [1.165, 1.54) is 4.68 Å². The van der Waals surface area contributed by atoms with Crippen LogP contribution in [0.3, 0.4) is 0 Å². The largest absolute Gasteiger partial charge is 0.457 e. The van der Waals surface area contributed by atoms with Gasteiger partial charge < -0.3 is 14.8 Å². The number of halogens is 1. The topological polar surface area (TPSA) is 82.5 Å². The Morgan fingerprint density at radius 3 is 2.32 bits per heavy atom. The van der Waals surface area contributed by atoms with Crippen LogP contribution in [0.4, 0.5) is 5.69 Å². The first-order valence-electron chi connectivity index (χ1n) is 8.43. The number of nitrogens with zero attached hydrogens (tertiary/aromatic N) is 2.